The molecule has 1 aliphatic heterocycles. The number of aliphatic hydroxyl groups is 1. The summed E-state index contributed by atoms with van der Waals surface area (Å²) in [5.74, 6) is 0.388. The first-order valence-corrected chi connectivity index (χ1v) is 16.9. The number of amides is 1. The number of ketones is 1. The van der Waals surface area contributed by atoms with E-state index < -0.39 is 17.7 Å². The average Bonchev–Trinajstić information content (AvgIpc) is 3.61. The van der Waals surface area contributed by atoms with E-state index in [1.807, 2.05) is 49.4 Å². The van der Waals surface area contributed by atoms with Gasteiger partial charge in [0.1, 0.15) is 17.3 Å². The van der Waals surface area contributed by atoms with Gasteiger partial charge >= 0.3 is 5.91 Å². The molecule has 3 aromatic carbocycles. The molecule has 0 aliphatic carbocycles. The molecular formula is C34H34ClN3O5S2. The maximum atomic E-state index is 13.7. The van der Waals surface area contributed by atoms with Gasteiger partial charge in [-0.25, -0.2) is 0 Å². The summed E-state index contributed by atoms with van der Waals surface area (Å²) in [5.41, 5.74) is 1.89. The van der Waals surface area contributed by atoms with Crippen LogP contribution in [0.1, 0.15) is 56.3 Å². The first-order chi connectivity index (χ1) is 21.8. The Labute approximate surface area is 276 Å². The lowest BCUT2D eigenvalue weighted by Gasteiger charge is -2.23. The van der Waals surface area contributed by atoms with Gasteiger partial charge in [0.15, 0.2) is 4.34 Å². The van der Waals surface area contributed by atoms with Gasteiger partial charge in [-0.05, 0) is 72.4 Å². The normalized spacial score (nSPS) is 16.0. The van der Waals surface area contributed by atoms with Crippen molar-refractivity contribution in [2.45, 2.75) is 49.7 Å². The number of thioether (sulfide) groups is 1. The largest absolute Gasteiger partial charge is 0.507 e. The number of nitrogens with zero attached hydrogens (tertiary/aromatic N) is 3. The highest BCUT2D eigenvalue weighted by molar-refractivity contribution is 8.00. The number of carbonyl (C=O) groups is 2. The molecule has 0 bridgehead atoms. The Hall–Kier alpha value is -3.86. The summed E-state index contributed by atoms with van der Waals surface area (Å²) in [7, 11) is 0. The second kappa shape index (κ2) is 14.9. The second-order valence-electron chi connectivity index (χ2n) is 10.9. The number of benzene rings is 3. The van der Waals surface area contributed by atoms with Crippen LogP contribution < -0.4 is 14.4 Å². The molecule has 1 aliphatic rings. The van der Waals surface area contributed by atoms with Gasteiger partial charge in [-0.3, -0.25) is 14.5 Å². The van der Waals surface area contributed by atoms with Gasteiger partial charge in [-0.2, -0.15) is 0 Å². The highest BCUT2D eigenvalue weighted by Crippen LogP contribution is 2.45. The van der Waals surface area contributed by atoms with Crippen LogP contribution in [0.4, 0.5) is 5.13 Å². The minimum atomic E-state index is -0.955. The van der Waals surface area contributed by atoms with Crippen LogP contribution in [-0.4, -0.2) is 40.2 Å². The number of hydrogen-bond donors (Lipinski definition) is 1. The van der Waals surface area contributed by atoms with E-state index in [0.29, 0.717) is 56.9 Å². The summed E-state index contributed by atoms with van der Waals surface area (Å²) < 4.78 is 12.3. The number of Topliss-reactive ketones (excluding diaryl/α,β-unsaturated/α-hetero) is 1. The second-order valence-corrected chi connectivity index (χ2v) is 13.5. The molecule has 1 saturated heterocycles. The van der Waals surface area contributed by atoms with Crippen LogP contribution >= 0.6 is 34.7 Å². The van der Waals surface area contributed by atoms with Gasteiger partial charge in [0.05, 0.1) is 24.8 Å². The van der Waals surface area contributed by atoms with Crippen molar-refractivity contribution >= 4 is 57.3 Å². The zero-order valence-corrected chi connectivity index (χ0v) is 27.6. The van der Waals surface area contributed by atoms with Gasteiger partial charge in [-0.15, -0.1) is 10.2 Å². The molecule has 0 radical (unpaired) electrons. The molecule has 45 heavy (non-hydrogen) atoms. The lowest BCUT2D eigenvalue weighted by molar-refractivity contribution is -0.132. The Balaban J connectivity index is 1.52. The Kier molecular flexibility index (Phi) is 10.8. The monoisotopic (exact) mass is 663 g/mol. The Bertz CT molecular complexity index is 1690. The summed E-state index contributed by atoms with van der Waals surface area (Å²) in [6.07, 6.45) is 1.73. The maximum Gasteiger partial charge on any atom is 0.301 e. The lowest BCUT2D eigenvalue weighted by atomic mass is 9.95. The zero-order valence-electron chi connectivity index (χ0n) is 25.2. The third-order valence-electron chi connectivity index (χ3n) is 7.09. The maximum absolute atomic E-state index is 13.7. The molecule has 0 spiro atoms. The predicted octanol–water partition coefficient (Wildman–Crippen LogP) is 8.32. The molecule has 8 nitrogen and oxygen atoms in total. The van der Waals surface area contributed by atoms with Crippen molar-refractivity contribution < 1.29 is 24.2 Å². The first kappa shape index (κ1) is 32.5. The van der Waals surface area contributed by atoms with Crippen molar-refractivity contribution in [2.24, 2.45) is 5.92 Å². The fourth-order valence-corrected chi connectivity index (χ4v) is 6.88. The molecule has 11 heteroatoms. The predicted molar refractivity (Wildman–Crippen MR) is 179 cm³/mol. The molecule has 1 N–H and O–H groups in total. The van der Waals surface area contributed by atoms with Crippen LogP contribution in [-0.2, 0) is 15.3 Å². The summed E-state index contributed by atoms with van der Waals surface area (Å²) in [5, 5.41) is 21.0. The molecule has 1 atom stereocenters. The van der Waals surface area contributed by atoms with Crippen LogP contribution in [0, 0.1) is 5.92 Å². The van der Waals surface area contributed by atoms with Crippen molar-refractivity contribution in [2.75, 3.05) is 18.1 Å². The summed E-state index contributed by atoms with van der Waals surface area (Å²) in [6.45, 7) is 7.35. The molecule has 234 valence electrons. The molecule has 5 rings (SSSR count). The van der Waals surface area contributed by atoms with Gasteiger partial charge in [0.2, 0.25) is 5.13 Å². The minimum Gasteiger partial charge on any atom is -0.507 e. The Morgan fingerprint density at radius 3 is 2.49 bits per heavy atom. The van der Waals surface area contributed by atoms with Crippen molar-refractivity contribution in [3.05, 3.63) is 100 Å². The molecule has 1 unspecified atom stereocenters. The lowest BCUT2D eigenvalue weighted by Crippen LogP contribution is -2.29. The fourth-order valence-electron chi connectivity index (χ4n) is 4.73. The number of halogens is 1. The molecule has 0 saturated carbocycles. The SMILES string of the molecule is CCCOc1ccc(C(O)=C2C(=O)C(=O)N(c3nnc(SCc4ccccc4Cl)s3)C2c2cccc(OCCC(C)C)c2)cc1. The van der Waals surface area contributed by atoms with E-state index in [-0.39, 0.29) is 16.5 Å². The van der Waals surface area contributed by atoms with E-state index >= 15 is 0 Å². The Morgan fingerprint density at radius 2 is 1.76 bits per heavy atom. The summed E-state index contributed by atoms with van der Waals surface area (Å²) >= 11 is 8.96. The van der Waals surface area contributed by atoms with E-state index in [0.717, 1.165) is 18.4 Å². The fraction of sp³-hybridized carbons (Fsp3) is 0.294. The molecule has 1 amide bonds. The minimum absolute atomic E-state index is 0.0398. The highest BCUT2D eigenvalue weighted by atomic mass is 35.5. The number of aromatic nitrogens is 2. The van der Waals surface area contributed by atoms with E-state index in [1.54, 1.807) is 30.3 Å². The van der Waals surface area contributed by atoms with Crippen LogP contribution in [0.5, 0.6) is 11.5 Å². The van der Waals surface area contributed by atoms with Crippen LogP contribution in [0.3, 0.4) is 0 Å². The molecular weight excluding hydrogens is 630 g/mol. The first-order valence-electron chi connectivity index (χ1n) is 14.7. The Morgan fingerprint density at radius 1 is 1.00 bits per heavy atom. The van der Waals surface area contributed by atoms with Gasteiger partial charge in [-0.1, -0.05) is 85.8 Å². The van der Waals surface area contributed by atoms with E-state index in [9.17, 15) is 14.7 Å². The van der Waals surface area contributed by atoms with E-state index in [4.69, 9.17) is 21.1 Å². The summed E-state index contributed by atoms with van der Waals surface area (Å²) in [6, 6.07) is 20.6. The summed E-state index contributed by atoms with van der Waals surface area (Å²) in [4.78, 5) is 28.6. The number of aliphatic hydroxyl groups excluding tert-OH is 1. The van der Waals surface area contributed by atoms with Gasteiger partial charge in [0, 0.05) is 16.3 Å². The van der Waals surface area contributed by atoms with Gasteiger partial charge in [0.25, 0.3) is 5.78 Å². The average molecular weight is 664 g/mol. The standard InChI is InChI=1S/C34H34ClN3O5S2/c1-4-17-42-25-14-12-22(13-15-25)30(39)28-29(23-9-7-10-26(19-23)43-18-16-21(2)3)38(32(41)31(28)40)33-36-37-34(45-33)44-20-24-8-5-6-11-27(24)35/h5-15,19,21,29,39H,4,16-18,20H2,1-3H3. The van der Waals surface area contributed by atoms with E-state index in [1.165, 1.54) is 28.0 Å². The molecule has 1 aromatic heterocycles. The topological polar surface area (TPSA) is 102 Å². The number of rotatable bonds is 13. The van der Waals surface area contributed by atoms with Crippen LogP contribution in [0.2, 0.25) is 5.02 Å². The quantitative estimate of drug-likeness (QED) is 0.0501. The van der Waals surface area contributed by atoms with Crippen molar-refractivity contribution in [3.8, 4) is 11.5 Å². The molecule has 2 heterocycles. The number of anilines is 1. The van der Waals surface area contributed by atoms with Crippen LogP contribution in [0.25, 0.3) is 5.76 Å². The zero-order chi connectivity index (χ0) is 31.9. The van der Waals surface area contributed by atoms with E-state index in [2.05, 4.69) is 24.0 Å². The number of carbonyl (C=O) groups excluding carboxylic acids is 2. The van der Waals surface area contributed by atoms with Crippen LogP contribution in [0.15, 0.2) is 82.7 Å². The van der Waals surface area contributed by atoms with Crippen molar-refractivity contribution in [3.63, 3.8) is 0 Å². The molecule has 4 aromatic rings. The smallest absolute Gasteiger partial charge is 0.301 e. The third-order valence-corrected chi connectivity index (χ3v) is 9.57. The van der Waals surface area contributed by atoms with Crippen molar-refractivity contribution in [1.29, 1.82) is 0 Å². The van der Waals surface area contributed by atoms with Crippen molar-refractivity contribution in [1.82, 2.24) is 10.2 Å². The number of hydrogen-bond acceptors (Lipinski definition) is 9. The highest BCUT2D eigenvalue weighted by Gasteiger charge is 2.48. The van der Waals surface area contributed by atoms with Gasteiger partial charge < -0.3 is 14.6 Å². The molecule has 1 fully saturated rings. The number of ether oxygens (including phenoxy) is 2. The third kappa shape index (κ3) is 7.69.